The van der Waals surface area contributed by atoms with Crippen LogP contribution in [0.1, 0.15) is 418 Å². The molecule has 0 saturated carbocycles. The van der Waals surface area contributed by atoms with Crippen molar-refractivity contribution in [1.82, 2.24) is 5.32 Å². The van der Waals surface area contributed by atoms with Gasteiger partial charge in [0.25, 0.3) is 0 Å². The van der Waals surface area contributed by atoms with Crippen LogP contribution in [0.2, 0.25) is 0 Å². The Hall–Kier alpha value is -1.79. The first-order valence-electron chi connectivity index (χ1n) is 43.7. The van der Waals surface area contributed by atoms with Crippen molar-refractivity contribution < 1.29 is 64.6 Å². The van der Waals surface area contributed by atoms with E-state index in [4.69, 9.17) is 18.9 Å². The smallest absolute Gasteiger partial charge is 0.220 e. The van der Waals surface area contributed by atoms with E-state index in [0.717, 1.165) is 64.2 Å². The number of hydrogen-bond acceptors (Lipinski definition) is 13. The van der Waals surface area contributed by atoms with Gasteiger partial charge < -0.3 is 65.1 Å². The maximum atomic E-state index is 13.4. The van der Waals surface area contributed by atoms with Crippen molar-refractivity contribution >= 4 is 5.91 Å². The summed E-state index contributed by atoms with van der Waals surface area (Å²) >= 11 is 0. The highest BCUT2D eigenvalue weighted by Crippen LogP contribution is 2.31. The maximum absolute atomic E-state index is 13.4. The maximum Gasteiger partial charge on any atom is 0.220 e. The Morgan fingerprint density at radius 3 is 1.00 bits per heavy atom. The fourth-order valence-electron chi connectivity index (χ4n) is 14.7. The largest absolute Gasteiger partial charge is 0.394 e. The molecular weight excluding hydrogens is 1270 g/mol. The number of hydrogen-bond donors (Lipinski definition) is 9. The van der Waals surface area contributed by atoms with Gasteiger partial charge in [-0.2, -0.15) is 0 Å². The van der Waals surface area contributed by atoms with E-state index < -0.39 is 86.8 Å². The fourth-order valence-corrected chi connectivity index (χ4v) is 14.7. The Morgan fingerprint density at radius 2 is 0.653 bits per heavy atom. The molecule has 0 aromatic carbocycles. The van der Waals surface area contributed by atoms with Crippen molar-refractivity contribution in [3.63, 3.8) is 0 Å². The summed E-state index contributed by atoms with van der Waals surface area (Å²) in [4.78, 5) is 13.4. The van der Waals surface area contributed by atoms with Gasteiger partial charge >= 0.3 is 0 Å². The van der Waals surface area contributed by atoms with Gasteiger partial charge in [0.05, 0.1) is 32.0 Å². The van der Waals surface area contributed by atoms with Crippen LogP contribution in [-0.4, -0.2) is 140 Å². The molecule has 0 radical (unpaired) electrons. The van der Waals surface area contributed by atoms with E-state index in [9.17, 15) is 45.6 Å². The summed E-state index contributed by atoms with van der Waals surface area (Å²) in [7, 11) is 0. The van der Waals surface area contributed by atoms with Gasteiger partial charge in [0.2, 0.25) is 5.91 Å². The van der Waals surface area contributed by atoms with Crippen LogP contribution in [0.4, 0.5) is 0 Å². The number of carbonyl (C=O) groups excluding carboxylic acids is 1. The number of aliphatic hydroxyl groups is 8. The molecule has 101 heavy (non-hydrogen) atoms. The van der Waals surface area contributed by atoms with Gasteiger partial charge in [-0.05, 0) is 51.4 Å². The molecule has 2 saturated heterocycles. The van der Waals surface area contributed by atoms with Crippen LogP contribution in [0.3, 0.4) is 0 Å². The van der Waals surface area contributed by atoms with Crippen LogP contribution in [0.15, 0.2) is 36.5 Å². The number of unbranched alkanes of at least 4 members (excludes halogenated alkanes) is 56. The van der Waals surface area contributed by atoms with Crippen LogP contribution < -0.4 is 5.32 Å². The second-order valence-corrected chi connectivity index (χ2v) is 31.0. The summed E-state index contributed by atoms with van der Waals surface area (Å²) in [6.45, 7) is 2.93. The minimum atomic E-state index is -1.78. The number of ether oxygens (including phenoxy) is 4. The number of nitrogens with one attached hydrogen (secondary N) is 1. The first-order chi connectivity index (χ1) is 49.6. The lowest BCUT2D eigenvalue weighted by Gasteiger charge is -2.46. The predicted octanol–water partition coefficient (Wildman–Crippen LogP) is 20.8. The lowest BCUT2D eigenvalue weighted by Crippen LogP contribution is -2.65. The normalized spacial score (nSPS) is 21.8. The molecule has 14 nitrogen and oxygen atoms in total. The van der Waals surface area contributed by atoms with Gasteiger partial charge in [0.15, 0.2) is 12.6 Å². The summed E-state index contributed by atoms with van der Waals surface area (Å²) in [6.07, 6.45) is 77.8. The molecule has 596 valence electrons. The third-order valence-electron chi connectivity index (χ3n) is 21.6. The second kappa shape index (κ2) is 71.1. The number of amides is 1. The number of allylic oxidation sites excluding steroid dienone is 6. The third kappa shape index (κ3) is 53.6. The molecule has 2 aliphatic heterocycles. The van der Waals surface area contributed by atoms with Crippen molar-refractivity contribution in [1.29, 1.82) is 0 Å². The lowest BCUT2D eigenvalue weighted by atomic mass is 9.97. The molecule has 2 rings (SSSR count). The molecule has 2 heterocycles. The predicted molar refractivity (Wildman–Crippen MR) is 420 cm³/mol. The summed E-state index contributed by atoms with van der Waals surface area (Å²) < 4.78 is 23.0. The number of rotatable bonds is 75. The van der Waals surface area contributed by atoms with E-state index in [-0.39, 0.29) is 12.5 Å². The van der Waals surface area contributed by atoms with Gasteiger partial charge in [-0.15, -0.1) is 0 Å². The van der Waals surface area contributed by atoms with Crippen molar-refractivity contribution in [2.75, 3.05) is 19.8 Å². The van der Waals surface area contributed by atoms with E-state index in [1.807, 2.05) is 0 Å². The molecule has 14 heteroatoms. The van der Waals surface area contributed by atoms with Gasteiger partial charge in [0.1, 0.15) is 48.8 Å². The van der Waals surface area contributed by atoms with E-state index in [1.165, 1.54) is 327 Å². The minimum absolute atomic E-state index is 0.197. The van der Waals surface area contributed by atoms with Gasteiger partial charge in [-0.25, -0.2) is 0 Å². The van der Waals surface area contributed by atoms with Crippen LogP contribution in [0.25, 0.3) is 0 Å². The molecule has 0 aromatic heterocycles. The average Bonchev–Trinajstić information content (AvgIpc) is 0.792. The van der Waals surface area contributed by atoms with Gasteiger partial charge in [0, 0.05) is 6.42 Å². The highest BCUT2D eigenvalue weighted by Gasteiger charge is 2.51. The van der Waals surface area contributed by atoms with E-state index in [1.54, 1.807) is 0 Å². The second-order valence-electron chi connectivity index (χ2n) is 31.0. The molecule has 1 amide bonds. The zero-order valence-corrected chi connectivity index (χ0v) is 65.7. The molecule has 0 bridgehead atoms. The zero-order chi connectivity index (χ0) is 73.0. The Morgan fingerprint density at radius 1 is 0.356 bits per heavy atom. The summed E-state index contributed by atoms with van der Waals surface area (Å²) in [5, 5.41) is 88.0. The Labute approximate surface area is 621 Å². The molecular formula is C87H165NO13. The highest BCUT2D eigenvalue weighted by atomic mass is 16.7. The summed E-state index contributed by atoms with van der Waals surface area (Å²) in [6, 6.07) is -0.829. The van der Waals surface area contributed by atoms with E-state index in [0.29, 0.717) is 12.8 Å². The minimum Gasteiger partial charge on any atom is -0.394 e. The Bertz CT molecular complexity index is 1840. The summed E-state index contributed by atoms with van der Waals surface area (Å²) in [5.41, 5.74) is 0. The molecule has 9 N–H and O–H groups in total. The van der Waals surface area contributed by atoms with Gasteiger partial charge in [-0.3, -0.25) is 4.79 Å². The summed E-state index contributed by atoms with van der Waals surface area (Å²) in [5.74, 6) is -0.197. The molecule has 2 aliphatic rings. The quantitative estimate of drug-likeness (QED) is 0.0204. The Balaban J connectivity index is 1.56. The van der Waals surface area contributed by atoms with E-state index in [2.05, 4.69) is 55.6 Å². The van der Waals surface area contributed by atoms with Crippen LogP contribution >= 0.6 is 0 Å². The zero-order valence-electron chi connectivity index (χ0n) is 65.7. The Kier molecular flexibility index (Phi) is 67.1. The van der Waals surface area contributed by atoms with E-state index >= 15 is 0 Å². The van der Waals surface area contributed by atoms with Crippen LogP contribution in [-0.2, 0) is 23.7 Å². The average molecular weight is 1430 g/mol. The molecule has 0 aromatic rings. The molecule has 2 fully saturated rings. The first-order valence-corrected chi connectivity index (χ1v) is 43.7. The molecule has 12 atom stereocenters. The topological polar surface area (TPSA) is 228 Å². The van der Waals surface area contributed by atoms with Crippen molar-refractivity contribution in [2.45, 2.75) is 492 Å². The van der Waals surface area contributed by atoms with Crippen molar-refractivity contribution in [3.8, 4) is 0 Å². The number of carbonyl (C=O) groups is 1. The van der Waals surface area contributed by atoms with Crippen LogP contribution in [0.5, 0.6) is 0 Å². The lowest BCUT2D eigenvalue weighted by molar-refractivity contribution is -0.359. The monoisotopic (exact) mass is 1430 g/mol. The molecule has 0 spiro atoms. The van der Waals surface area contributed by atoms with Crippen LogP contribution in [0, 0.1) is 0 Å². The fraction of sp³-hybridized carbons (Fsp3) is 0.920. The standard InChI is InChI=1S/C87H165NO13/c1-3-5-7-9-11-13-15-17-19-21-23-25-27-29-31-33-35-36-37-38-39-40-41-43-45-47-49-51-53-55-57-59-61-63-65-67-69-71-79(92)88-75(74-98-86-84(97)82(95)85(78(73-90)100-86)101-87-83(96)81(94)80(93)77(72-89)99-87)76(91)70-68-66-64-62-60-58-56-54-52-50-48-46-44-42-34-32-30-28-26-24-22-20-18-16-14-12-10-8-6-4-2/h15,17,21,23,27,29,75-78,80-87,89-91,93-97H,3-14,16,18-20,22,24-26,28,30-74H2,1-2H3,(H,88,92)/b17-15-,23-21-,29-27-. The molecule has 0 aliphatic carbocycles. The first kappa shape index (κ1) is 95.3. The molecule has 12 unspecified atom stereocenters. The number of aliphatic hydroxyl groups excluding tert-OH is 8. The van der Waals surface area contributed by atoms with Gasteiger partial charge in [-0.1, -0.05) is 397 Å². The SMILES string of the molecule is CCCCCCC/C=C\C/C=C\C/C=C\CCCCCCCCCCCCCCCCCCCCCCCCC(=O)NC(COC1OC(CO)C(OC2OC(CO)C(O)C(O)C2O)C(O)C1O)C(O)CCCCCCCCCCCCCCCCCCCCCCCCCCCCCCCC. The van der Waals surface area contributed by atoms with Crippen molar-refractivity contribution in [2.24, 2.45) is 0 Å². The van der Waals surface area contributed by atoms with Crippen molar-refractivity contribution in [3.05, 3.63) is 36.5 Å². The highest BCUT2D eigenvalue weighted by molar-refractivity contribution is 5.76. The third-order valence-corrected chi connectivity index (χ3v) is 21.6.